The number of carbonyl (C=O) groups excluding carboxylic acids is 1. The number of ether oxygens (including phenoxy) is 2. The largest absolute Gasteiger partial charge is 0.444 e. The lowest BCUT2D eigenvalue weighted by Gasteiger charge is -2.47. The van der Waals surface area contributed by atoms with Gasteiger partial charge in [-0.2, -0.15) is 10.4 Å². The summed E-state index contributed by atoms with van der Waals surface area (Å²) in [6.07, 6.45) is -1.09. The summed E-state index contributed by atoms with van der Waals surface area (Å²) in [7, 11) is -7.40. The highest BCUT2D eigenvalue weighted by Crippen LogP contribution is 2.66. The van der Waals surface area contributed by atoms with Crippen LogP contribution in [0.5, 0.6) is 0 Å². The molecule has 0 aromatic carbocycles. The molecule has 2 fully saturated rings. The summed E-state index contributed by atoms with van der Waals surface area (Å²) in [5.41, 5.74) is -2.38. The fourth-order valence-electron chi connectivity index (χ4n) is 5.46. The lowest BCUT2D eigenvalue weighted by Crippen LogP contribution is -2.60. The molecule has 14 heteroatoms. The Morgan fingerprint density at radius 3 is 1.90 bits per heavy atom. The molecule has 1 amide bonds. The molecule has 3 heterocycles. The van der Waals surface area contributed by atoms with Gasteiger partial charge in [0.05, 0.1) is 5.69 Å². The number of nitriles is 1. The molecule has 4 rings (SSSR count). The number of nitrogens with one attached hydrogen (secondary N) is 1. The Hall–Kier alpha value is -2.13. The molecule has 3 unspecified atom stereocenters. The normalized spacial score (nSPS) is 26.8. The third-order valence-electron chi connectivity index (χ3n) is 11.4. The maximum Gasteiger partial charge on any atom is 0.413 e. The van der Waals surface area contributed by atoms with E-state index in [2.05, 4.69) is 123 Å². The molecule has 1 aliphatic carbocycles. The number of fused-ring (bicyclic) bond motifs is 2. The van der Waals surface area contributed by atoms with Crippen molar-refractivity contribution in [1.29, 1.82) is 5.26 Å². The summed E-state index contributed by atoms with van der Waals surface area (Å²) in [5, 5.41) is 18.3. The van der Waals surface area contributed by atoms with Crippen molar-refractivity contribution in [1.82, 2.24) is 14.6 Å². The number of carbonyl (C=O) groups is 1. The van der Waals surface area contributed by atoms with Gasteiger partial charge >= 0.3 is 6.09 Å². The zero-order valence-electron chi connectivity index (χ0n) is 33.2. The van der Waals surface area contributed by atoms with Gasteiger partial charge in [0.15, 0.2) is 30.8 Å². The summed E-state index contributed by atoms with van der Waals surface area (Å²) in [4.78, 5) is 17.1. The van der Waals surface area contributed by atoms with Crippen molar-refractivity contribution >= 4 is 42.4 Å². The van der Waals surface area contributed by atoms with E-state index in [1.54, 1.807) is 31.4 Å². The minimum Gasteiger partial charge on any atom is -0.444 e. The molecular weight excluding hydrogens is 671 g/mol. The Balaban J connectivity index is 1.95. The van der Waals surface area contributed by atoms with Crippen LogP contribution in [0.15, 0.2) is 18.5 Å². The molecule has 0 radical (unpaired) electrons. The van der Waals surface area contributed by atoms with Crippen LogP contribution in [0.2, 0.25) is 54.4 Å². The van der Waals surface area contributed by atoms with Gasteiger partial charge < -0.3 is 22.8 Å². The van der Waals surface area contributed by atoms with Crippen LogP contribution in [0, 0.1) is 11.3 Å². The smallest absolute Gasteiger partial charge is 0.413 e. The number of rotatable bonds is 8. The highest BCUT2D eigenvalue weighted by molar-refractivity contribution is 6.75. The monoisotopic (exact) mass is 731 g/mol. The van der Waals surface area contributed by atoms with Crippen molar-refractivity contribution in [3.63, 3.8) is 0 Å². The number of nitrogens with zero attached hydrogens (tertiary/aromatic N) is 4. The zero-order chi connectivity index (χ0) is 37.6. The fourth-order valence-corrected chi connectivity index (χ4v) is 9.58. The predicted octanol–water partition coefficient (Wildman–Crippen LogP) is 8.75. The van der Waals surface area contributed by atoms with Gasteiger partial charge in [-0.15, -0.1) is 0 Å². The summed E-state index contributed by atoms with van der Waals surface area (Å²) in [5.74, 6) is 0.250. The minimum absolute atomic E-state index is 0.0592. The first kappa shape index (κ1) is 39.7. The third-order valence-corrected chi connectivity index (χ3v) is 24.8. The maximum atomic E-state index is 12.8. The molecule has 0 spiro atoms. The Morgan fingerprint density at radius 2 is 1.41 bits per heavy atom. The molecular formula is C35H61N5O6Si3. The molecule has 1 N–H and O–H groups in total. The average molecular weight is 732 g/mol. The van der Waals surface area contributed by atoms with Crippen molar-refractivity contribution in [2.75, 3.05) is 5.32 Å². The van der Waals surface area contributed by atoms with E-state index in [4.69, 9.17) is 22.8 Å². The van der Waals surface area contributed by atoms with Crippen molar-refractivity contribution in [3.05, 3.63) is 24.2 Å². The summed E-state index contributed by atoms with van der Waals surface area (Å²) in [6.45, 7) is 38.6. The van der Waals surface area contributed by atoms with E-state index in [0.29, 0.717) is 11.2 Å². The van der Waals surface area contributed by atoms with Crippen LogP contribution in [-0.4, -0.2) is 75.2 Å². The maximum absolute atomic E-state index is 12.8. The Kier molecular flexibility index (Phi) is 9.68. The standard InChI is InChI=1S/C35H61N5O6Si3/c1-30(2,3)43-29(41)39-27-23-19-20-24(40(23)38-22-37-27)34(21-36)28(45-48(15,16)32(7,8)9)35(46-49(17,18)33(10,11)12)25(42-34)26(35)44-47(13,14)31(4,5)6/h19-20,22,25-26,28H,1-18H3,(H,37,38,39,41)/t25-,26?,28?,34+,35?/m1/s1. The first-order chi connectivity index (χ1) is 21.9. The van der Waals surface area contributed by atoms with Gasteiger partial charge in [0.2, 0.25) is 5.60 Å². The van der Waals surface area contributed by atoms with Crippen LogP contribution in [0.25, 0.3) is 5.52 Å². The second kappa shape index (κ2) is 12.0. The van der Waals surface area contributed by atoms with E-state index in [0.717, 1.165) is 0 Å². The van der Waals surface area contributed by atoms with E-state index < -0.39 is 66.2 Å². The lowest BCUT2D eigenvalue weighted by molar-refractivity contribution is -0.0949. The second-order valence-corrected chi connectivity index (χ2v) is 33.6. The van der Waals surface area contributed by atoms with E-state index in [1.807, 2.05) is 6.07 Å². The number of amides is 1. The molecule has 49 heavy (non-hydrogen) atoms. The summed E-state index contributed by atoms with van der Waals surface area (Å²) >= 11 is 0. The average Bonchev–Trinajstić information content (AvgIpc) is 3.17. The van der Waals surface area contributed by atoms with Crippen LogP contribution >= 0.6 is 0 Å². The topological polar surface area (TPSA) is 129 Å². The van der Waals surface area contributed by atoms with Gasteiger partial charge in [0, 0.05) is 0 Å². The van der Waals surface area contributed by atoms with Gasteiger partial charge in [-0.1, -0.05) is 62.3 Å². The van der Waals surface area contributed by atoms with Gasteiger partial charge in [-0.3, -0.25) is 5.32 Å². The van der Waals surface area contributed by atoms with Crippen molar-refractivity contribution < 1.29 is 27.5 Å². The van der Waals surface area contributed by atoms with Gasteiger partial charge in [-0.05, 0) is 87.3 Å². The Labute approximate surface area is 297 Å². The Bertz CT molecular complexity index is 1630. The highest BCUT2D eigenvalue weighted by Gasteiger charge is 2.86. The first-order valence-electron chi connectivity index (χ1n) is 17.3. The second-order valence-electron chi connectivity index (χ2n) is 19.4. The van der Waals surface area contributed by atoms with E-state index in [-0.39, 0.29) is 20.9 Å². The minimum atomic E-state index is -2.57. The molecule has 2 aromatic heterocycles. The van der Waals surface area contributed by atoms with Crippen molar-refractivity contribution in [2.45, 2.75) is 173 Å². The number of anilines is 1. The van der Waals surface area contributed by atoms with Crippen LogP contribution in [0.4, 0.5) is 10.6 Å². The molecule has 11 nitrogen and oxygen atoms in total. The number of hydrogen-bond acceptors (Lipinski definition) is 9. The molecule has 0 bridgehead atoms. The van der Waals surface area contributed by atoms with Crippen LogP contribution in [0.1, 0.15) is 88.8 Å². The van der Waals surface area contributed by atoms with E-state index in [9.17, 15) is 10.1 Å². The molecule has 1 aliphatic heterocycles. The van der Waals surface area contributed by atoms with E-state index >= 15 is 0 Å². The lowest BCUT2D eigenvalue weighted by atomic mass is 9.90. The highest BCUT2D eigenvalue weighted by atomic mass is 28.4. The molecule has 1 saturated carbocycles. The molecule has 274 valence electrons. The molecule has 2 aliphatic rings. The van der Waals surface area contributed by atoms with E-state index in [1.165, 1.54) is 6.33 Å². The first-order valence-corrected chi connectivity index (χ1v) is 26.1. The predicted molar refractivity (Wildman–Crippen MR) is 200 cm³/mol. The van der Waals surface area contributed by atoms with Gasteiger partial charge in [-0.25, -0.2) is 14.3 Å². The zero-order valence-corrected chi connectivity index (χ0v) is 36.2. The number of aromatic nitrogens is 3. The number of hydrogen-bond donors (Lipinski definition) is 1. The summed E-state index contributed by atoms with van der Waals surface area (Å²) in [6, 6.07) is 6.17. The van der Waals surface area contributed by atoms with Crippen molar-refractivity contribution in [2.24, 2.45) is 0 Å². The fraction of sp³-hybridized carbons (Fsp3) is 0.771. The van der Waals surface area contributed by atoms with Crippen LogP contribution < -0.4 is 5.32 Å². The van der Waals surface area contributed by atoms with Crippen LogP contribution in [0.3, 0.4) is 0 Å². The molecule has 2 aromatic rings. The van der Waals surface area contributed by atoms with Gasteiger partial charge in [0.25, 0.3) is 0 Å². The molecule has 1 saturated heterocycles. The SMILES string of the molecule is CC(C)(C)OC(=O)Nc1ncnn2c([C@]3(C#N)O[C@@H]4C(O[Si](C)(C)C(C)(C)C)C4(O[Si](C)(C)C(C)(C)C)C3O[Si](C)(C)C(C)(C)C)ccc12. The molecule has 5 atom stereocenters. The van der Waals surface area contributed by atoms with Gasteiger partial charge in [0.1, 0.15) is 47.4 Å². The van der Waals surface area contributed by atoms with Crippen LogP contribution in [-0.2, 0) is 28.4 Å². The quantitative estimate of drug-likeness (QED) is 0.265. The summed E-state index contributed by atoms with van der Waals surface area (Å²) < 4.78 is 36.2. The Morgan fingerprint density at radius 1 is 0.878 bits per heavy atom. The third kappa shape index (κ3) is 6.93. The van der Waals surface area contributed by atoms with Crippen molar-refractivity contribution in [3.8, 4) is 6.07 Å².